The van der Waals surface area contributed by atoms with Crippen LogP contribution < -0.4 is 5.73 Å². The van der Waals surface area contributed by atoms with E-state index in [-0.39, 0.29) is 5.84 Å². The van der Waals surface area contributed by atoms with Gasteiger partial charge >= 0.3 is 0 Å². The van der Waals surface area contributed by atoms with Crippen LogP contribution in [0.4, 0.5) is 0 Å². The second-order valence-corrected chi connectivity index (χ2v) is 3.69. The van der Waals surface area contributed by atoms with Crippen molar-refractivity contribution in [2.75, 3.05) is 13.1 Å². The Morgan fingerprint density at radius 2 is 2.14 bits per heavy atom. The molecule has 2 aliphatic rings. The van der Waals surface area contributed by atoms with Gasteiger partial charge in [-0.3, -0.25) is 0 Å². The maximum Gasteiger partial charge on any atom is 0.137 e. The van der Waals surface area contributed by atoms with Gasteiger partial charge < -0.3 is 15.7 Å². The fourth-order valence-electron chi connectivity index (χ4n) is 1.85. The van der Waals surface area contributed by atoms with Gasteiger partial charge in [-0.05, 0) is 12.8 Å². The summed E-state index contributed by atoms with van der Waals surface area (Å²) >= 11 is 0. The summed E-state index contributed by atoms with van der Waals surface area (Å²) in [5, 5.41) is 9.65. The van der Waals surface area contributed by atoms with Crippen molar-refractivity contribution in [2.24, 2.45) is 10.7 Å². The highest BCUT2D eigenvalue weighted by atomic mass is 16.3. The van der Waals surface area contributed by atoms with Gasteiger partial charge in [0.15, 0.2) is 0 Å². The Balaban J connectivity index is 2.22. The van der Waals surface area contributed by atoms with Gasteiger partial charge in [-0.1, -0.05) is 6.58 Å². The van der Waals surface area contributed by atoms with Crippen LogP contribution in [-0.2, 0) is 0 Å². The number of nitrogens with zero attached hydrogens (tertiary/aromatic N) is 2. The number of hydrogen-bond acceptors (Lipinski definition) is 4. The molecule has 3 N–H and O–H groups in total. The molecule has 0 aromatic carbocycles. The van der Waals surface area contributed by atoms with Gasteiger partial charge in [0.05, 0.1) is 11.9 Å². The third-order valence-electron chi connectivity index (χ3n) is 2.72. The Bertz CT molecular complexity index is 313. The Kier molecular flexibility index (Phi) is 2.29. The molecule has 1 saturated heterocycles. The molecule has 1 unspecified atom stereocenters. The lowest BCUT2D eigenvalue weighted by Gasteiger charge is -2.27. The van der Waals surface area contributed by atoms with Crippen LogP contribution in [0.15, 0.2) is 29.0 Å². The van der Waals surface area contributed by atoms with Crippen molar-refractivity contribution in [3.05, 3.63) is 24.0 Å². The number of aliphatic imine (C=N–C) groups is 1. The molecule has 0 radical (unpaired) electrons. The summed E-state index contributed by atoms with van der Waals surface area (Å²) in [5.41, 5.74) is 7.11. The molecule has 0 aromatic rings. The van der Waals surface area contributed by atoms with Crippen LogP contribution in [-0.4, -0.2) is 35.0 Å². The van der Waals surface area contributed by atoms with E-state index in [1.54, 1.807) is 6.20 Å². The fraction of sp³-hybridized carbons (Fsp3) is 0.500. The molecule has 2 heterocycles. The number of amidine groups is 1. The lowest BCUT2D eigenvalue weighted by Crippen LogP contribution is -2.36. The second-order valence-electron chi connectivity index (χ2n) is 3.69. The number of hydrogen-bond donors (Lipinski definition) is 2. The van der Waals surface area contributed by atoms with Crippen molar-refractivity contribution in [1.82, 2.24) is 4.90 Å². The molecule has 0 saturated carbocycles. The highest BCUT2D eigenvalue weighted by Gasteiger charge is 2.25. The highest BCUT2D eigenvalue weighted by Crippen LogP contribution is 2.24. The molecule has 4 heteroatoms. The van der Waals surface area contributed by atoms with Gasteiger partial charge in [-0.15, -0.1) is 0 Å². The van der Waals surface area contributed by atoms with Crippen molar-refractivity contribution in [3.63, 3.8) is 0 Å². The predicted octanol–water partition coefficient (Wildman–Crippen LogP) is 0.212. The molecule has 14 heavy (non-hydrogen) atoms. The van der Waals surface area contributed by atoms with E-state index in [1.165, 1.54) is 12.8 Å². The standard InChI is InChI=1S/C10H15N3O/c1-7-8(13-4-2-3-5-13)6-12-10(11)9(7)14/h6,9,14H,1-5H2,(H2,11,12). The van der Waals surface area contributed by atoms with Gasteiger partial charge in [-0.2, -0.15) is 0 Å². The fourth-order valence-corrected chi connectivity index (χ4v) is 1.85. The molecule has 2 aliphatic heterocycles. The van der Waals surface area contributed by atoms with Crippen LogP contribution in [0.25, 0.3) is 0 Å². The minimum atomic E-state index is -0.810. The first-order valence-corrected chi connectivity index (χ1v) is 4.85. The Labute approximate surface area is 83.4 Å². The van der Waals surface area contributed by atoms with Gasteiger partial charge in [0, 0.05) is 18.7 Å². The molecule has 1 atom stereocenters. The molecule has 4 nitrogen and oxygen atoms in total. The molecule has 0 aromatic heterocycles. The number of likely N-dealkylation sites (tertiary alicyclic amines) is 1. The predicted molar refractivity (Wildman–Crippen MR) is 55.7 cm³/mol. The first-order chi connectivity index (χ1) is 6.70. The second kappa shape index (κ2) is 3.46. The summed E-state index contributed by atoms with van der Waals surface area (Å²) in [4.78, 5) is 6.16. The minimum Gasteiger partial charge on any atom is -0.385 e. The summed E-state index contributed by atoms with van der Waals surface area (Å²) in [7, 11) is 0. The summed E-state index contributed by atoms with van der Waals surface area (Å²) in [6, 6.07) is 0. The topological polar surface area (TPSA) is 61.8 Å². The average Bonchev–Trinajstić information content (AvgIpc) is 2.67. The lowest BCUT2D eigenvalue weighted by molar-refractivity contribution is 0.266. The van der Waals surface area contributed by atoms with Crippen molar-refractivity contribution in [1.29, 1.82) is 0 Å². The maximum absolute atomic E-state index is 9.65. The number of aliphatic hydroxyl groups is 1. The normalized spacial score (nSPS) is 27.6. The van der Waals surface area contributed by atoms with Gasteiger partial charge in [-0.25, -0.2) is 4.99 Å². The number of nitrogens with two attached hydrogens (primary N) is 1. The summed E-state index contributed by atoms with van der Waals surface area (Å²) in [6.07, 6.45) is 3.28. The van der Waals surface area contributed by atoms with Crippen LogP contribution in [0.1, 0.15) is 12.8 Å². The Hall–Kier alpha value is -1.29. The molecule has 0 spiro atoms. The molecule has 76 valence electrons. The molecule has 1 fully saturated rings. The van der Waals surface area contributed by atoms with Crippen LogP contribution >= 0.6 is 0 Å². The summed E-state index contributed by atoms with van der Waals surface area (Å²) < 4.78 is 0. The third-order valence-corrected chi connectivity index (χ3v) is 2.72. The lowest BCUT2D eigenvalue weighted by atomic mass is 10.1. The maximum atomic E-state index is 9.65. The minimum absolute atomic E-state index is 0.234. The van der Waals surface area contributed by atoms with E-state index < -0.39 is 6.10 Å². The molecular weight excluding hydrogens is 178 g/mol. The van der Waals surface area contributed by atoms with E-state index in [2.05, 4.69) is 16.5 Å². The van der Waals surface area contributed by atoms with Crippen LogP contribution in [0.3, 0.4) is 0 Å². The molecule has 0 amide bonds. The van der Waals surface area contributed by atoms with E-state index >= 15 is 0 Å². The highest BCUT2D eigenvalue weighted by molar-refractivity contribution is 5.90. The smallest absolute Gasteiger partial charge is 0.137 e. The van der Waals surface area contributed by atoms with Gasteiger partial charge in [0.2, 0.25) is 0 Å². The SMILES string of the molecule is C=C1C(N2CCCC2)=CN=C(N)C1O. The zero-order valence-corrected chi connectivity index (χ0v) is 8.11. The number of aliphatic hydroxyl groups excluding tert-OH is 1. The van der Waals surface area contributed by atoms with Crippen LogP contribution in [0, 0.1) is 0 Å². The monoisotopic (exact) mass is 193 g/mol. The molecule has 0 bridgehead atoms. The van der Waals surface area contributed by atoms with E-state index in [0.717, 1.165) is 18.8 Å². The Morgan fingerprint density at radius 1 is 1.50 bits per heavy atom. The molecular formula is C10H15N3O. The molecule has 2 rings (SSSR count). The van der Waals surface area contributed by atoms with E-state index in [1.807, 2.05) is 0 Å². The van der Waals surface area contributed by atoms with Crippen molar-refractivity contribution >= 4 is 5.84 Å². The molecule has 0 aliphatic carbocycles. The van der Waals surface area contributed by atoms with Gasteiger partial charge in [0.1, 0.15) is 11.9 Å². The summed E-state index contributed by atoms with van der Waals surface area (Å²) in [6.45, 7) is 5.89. The average molecular weight is 193 g/mol. The third kappa shape index (κ3) is 1.42. The summed E-state index contributed by atoms with van der Waals surface area (Å²) in [5.74, 6) is 0.234. The largest absolute Gasteiger partial charge is 0.385 e. The van der Waals surface area contributed by atoms with E-state index in [9.17, 15) is 5.11 Å². The van der Waals surface area contributed by atoms with Gasteiger partial charge in [0.25, 0.3) is 0 Å². The van der Waals surface area contributed by atoms with Crippen molar-refractivity contribution < 1.29 is 5.11 Å². The Morgan fingerprint density at radius 3 is 2.79 bits per heavy atom. The van der Waals surface area contributed by atoms with Crippen molar-refractivity contribution in [3.8, 4) is 0 Å². The first-order valence-electron chi connectivity index (χ1n) is 4.85. The number of rotatable bonds is 1. The van der Waals surface area contributed by atoms with E-state index in [4.69, 9.17) is 5.73 Å². The van der Waals surface area contributed by atoms with Crippen molar-refractivity contribution in [2.45, 2.75) is 18.9 Å². The zero-order chi connectivity index (χ0) is 10.1. The first kappa shape index (κ1) is 9.27. The quantitative estimate of drug-likeness (QED) is 0.626. The zero-order valence-electron chi connectivity index (χ0n) is 8.11. The van der Waals surface area contributed by atoms with Crippen LogP contribution in [0.2, 0.25) is 0 Å². The van der Waals surface area contributed by atoms with E-state index in [0.29, 0.717) is 5.57 Å². The van der Waals surface area contributed by atoms with Crippen LogP contribution in [0.5, 0.6) is 0 Å².